The number of pyridine rings is 1. The van der Waals surface area contributed by atoms with Gasteiger partial charge in [0.1, 0.15) is 10.7 Å². The summed E-state index contributed by atoms with van der Waals surface area (Å²) in [7, 11) is -4.00. The quantitative estimate of drug-likeness (QED) is 0.904. The number of aromatic amines is 1. The molecule has 1 heterocycles. The second kappa shape index (κ2) is 5.43. The summed E-state index contributed by atoms with van der Waals surface area (Å²) in [6.45, 7) is 0. The fourth-order valence-corrected chi connectivity index (χ4v) is 3.13. The second-order valence-electron chi connectivity index (χ2n) is 3.74. The molecule has 0 spiro atoms. The summed E-state index contributed by atoms with van der Waals surface area (Å²) in [5.74, 6) is -0.688. The second-order valence-corrected chi connectivity index (χ2v) is 6.24. The molecule has 1 aromatic carbocycles. The van der Waals surface area contributed by atoms with Crippen molar-refractivity contribution in [2.24, 2.45) is 0 Å². The summed E-state index contributed by atoms with van der Waals surface area (Å²) >= 11 is 11.5. The van der Waals surface area contributed by atoms with E-state index in [1.165, 1.54) is 0 Å². The minimum Gasteiger partial charge on any atom is -0.328 e. The number of H-pyrrole nitrogens is 1. The molecule has 9 heteroatoms. The lowest BCUT2D eigenvalue weighted by atomic mass is 10.3. The van der Waals surface area contributed by atoms with Crippen LogP contribution >= 0.6 is 23.2 Å². The number of halogens is 3. The zero-order valence-corrected chi connectivity index (χ0v) is 12.0. The van der Waals surface area contributed by atoms with Crippen molar-refractivity contribution in [1.29, 1.82) is 0 Å². The molecule has 0 radical (unpaired) electrons. The first-order valence-electron chi connectivity index (χ1n) is 5.16. The van der Waals surface area contributed by atoms with Gasteiger partial charge in [-0.2, -0.15) is 0 Å². The summed E-state index contributed by atoms with van der Waals surface area (Å²) in [5.41, 5.74) is -0.581. The molecule has 0 saturated carbocycles. The van der Waals surface area contributed by atoms with Crippen LogP contribution in [-0.4, -0.2) is 13.4 Å². The molecule has 0 fully saturated rings. The number of nitrogens with one attached hydrogen (secondary N) is 2. The molecule has 0 aliphatic heterocycles. The molecule has 2 rings (SSSR count). The highest BCUT2D eigenvalue weighted by Gasteiger charge is 2.18. The van der Waals surface area contributed by atoms with Gasteiger partial charge in [0, 0.05) is 12.3 Å². The first-order chi connectivity index (χ1) is 9.29. The number of hydrogen-bond acceptors (Lipinski definition) is 3. The highest BCUT2D eigenvalue weighted by Crippen LogP contribution is 2.32. The molecule has 0 unspecified atom stereocenters. The molecule has 0 amide bonds. The largest absolute Gasteiger partial charge is 0.328 e. The van der Waals surface area contributed by atoms with Crippen LogP contribution in [0, 0.1) is 5.82 Å². The summed E-state index contributed by atoms with van der Waals surface area (Å²) in [6, 6.07) is 4.03. The Hall–Kier alpha value is -1.57. The van der Waals surface area contributed by atoms with Crippen molar-refractivity contribution in [3.8, 4) is 0 Å². The van der Waals surface area contributed by atoms with Crippen LogP contribution in [0.2, 0.25) is 10.0 Å². The number of rotatable bonds is 3. The Kier molecular flexibility index (Phi) is 4.03. The third-order valence-corrected chi connectivity index (χ3v) is 4.25. The molecule has 0 atom stereocenters. The Bertz CT molecular complexity index is 777. The van der Waals surface area contributed by atoms with Crippen LogP contribution in [0.15, 0.2) is 40.2 Å². The van der Waals surface area contributed by atoms with Crippen LogP contribution in [0.5, 0.6) is 0 Å². The third kappa shape index (κ3) is 3.12. The van der Waals surface area contributed by atoms with Gasteiger partial charge in [-0.15, -0.1) is 0 Å². The maximum atomic E-state index is 13.0. The van der Waals surface area contributed by atoms with Crippen molar-refractivity contribution < 1.29 is 12.8 Å². The van der Waals surface area contributed by atoms with Crippen molar-refractivity contribution in [3.05, 3.63) is 56.7 Å². The van der Waals surface area contributed by atoms with Gasteiger partial charge in [-0.05, 0) is 18.2 Å². The van der Waals surface area contributed by atoms with Gasteiger partial charge in [-0.25, -0.2) is 12.8 Å². The average Bonchev–Trinajstić information content (AvgIpc) is 2.34. The summed E-state index contributed by atoms with van der Waals surface area (Å²) in [6.07, 6.45) is 1.02. The Labute approximate surface area is 123 Å². The van der Waals surface area contributed by atoms with Gasteiger partial charge in [0.05, 0.1) is 15.7 Å². The molecule has 0 aliphatic rings. The van der Waals surface area contributed by atoms with Gasteiger partial charge in [0.2, 0.25) is 5.56 Å². The molecule has 0 aliphatic carbocycles. The third-order valence-electron chi connectivity index (χ3n) is 2.31. The van der Waals surface area contributed by atoms with E-state index in [0.717, 1.165) is 30.5 Å². The molecule has 0 bridgehead atoms. The zero-order valence-electron chi connectivity index (χ0n) is 9.65. The molecule has 5 nitrogen and oxygen atoms in total. The molecule has 20 heavy (non-hydrogen) atoms. The first kappa shape index (κ1) is 14.8. The van der Waals surface area contributed by atoms with Crippen molar-refractivity contribution in [1.82, 2.24) is 4.98 Å². The van der Waals surface area contributed by atoms with E-state index in [9.17, 15) is 17.6 Å². The minimum atomic E-state index is -4.00. The smallest absolute Gasteiger partial charge is 0.263 e. The lowest BCUT2D eigenvalue weighted by molar-refractivity contribution is 0.600. The zero-order chi connectivity index (χ0) is 14.9. The molecule has 106 valence electrons. The Morgan fingerprint density at radius 2 is 1.75 bits per heavy atom. The van der Waals surface area contributed by atoms with E-state index >= 15 is 0 Å². The minimum absolute atomic E-state index is 0.138. The molecule has 2 aromatic rings. The van der Waals surface area contributed by atoms with E-state index in [1.807, 2.05) is 0 Å². The lowest BCUT2D eigenvalue weighted by Crippen LogP contribution is -2.15. The van der Waals surface area contributed by atoms with Crippen LogP contribution < -0.4 is 10.3 Å². The van der Waals surface area contributed by atoms with Crippen LogP contribution in [0.4, 0.5) is 10.1 Å². The molecule has 1 aromatic heterocycles. The maximum Gasteiger partial charge on any atom is 0.263 e. The number of anilines is 1. The topological polar surface area (TPSA) is 79.0 Å². The van der Waals surface area contributed by atoms with Gasteiger partial charge in [0.15, 0.2) is 0 Å². The lowest BCUT2D eigenvalue weighted by Gasteiger charge is -2.11. The van der Waals surface area contributed by atoms with Gasteiger partial charge < -0.3 is 4.98 Å². The fourth-order valence-electron chi connectivity index (χ4n) is 1.40. The van der Waals surface area contributed by atoms with Gasteiger partial charge in [-0.3, -0.25) is 9.52 Å². The van der Waals surface area contributed by atoms with Crippen LogP contribution in [0.1, 0.15) is 0 Å². The standard InChI is InChI=1S/C11H7Cl2FN2O3S/c12-8-3-6(14)4-9(13)11(8)16-20(18,19)7-1-2-10(17)15-5-7/h1-5,16H,(H,15,17). The predicted octanol–water partition coefficient (Wildman–Crippen LogP) is 2.62. The number of aromatic nitrogens is 1. The van der Waals surface area contributed by atoms with Crippen molar-refractivity contribution >= 4 is 38.9 Å². The predicted molar refractivity (Wildman–Crippen MR) is 74.3 cm³/mol. The highest BCUT2D eigenvalue weighted by atomic mass is 35.5. The van der Waals surface area contributed by atoms with Gasteiger partial charge >= 0.3 is 0 Å². The average molecular weight is 337 g/mol. The Morgan fingerprint density at radius 1 is 1.15 bits per heavy atom. The van der Waals surface area contributed by atoms with Crippen molar-refractivity contribution in [2.45, 2.75) is 4.90 Å². The van der Waals surface area contributed by atoms with Gasteiger partial charge in [0.25, 0.3) is 10.0 Å². The molecule has 2 N–H and O–H groups in total. The van der Waals surface area contributed by atoms with Crippen LogP contribution in [-0.2, 0) is 10.0 Å². The molecular weight excluding hydrogens is 330 g/mol. The van der Waals surface area contributed by atoms with E-state index < -0.39 is 21.4 Å². The van der Waals surface area contributed by atoms with Gasteiger partial charge in [-0.1, -0.05) is 23.2 Å². The Balaban J connectivity index is 2.43. The van der Waals surface area contributed by atoms with Crippen LogP contribution in [0.3, 0.4) is 0 Å². The van der Waals surface area contributed by atoms with E-state index in [4.69, 9.17) is 23.2 Å². The monoisotopic (exact) mass is 336 g/mol. The summed E-state index contributed by atoms with van der Waals surface area (Å²) in [4.78, 5) is 12.9. The summed E-state index contributed by atoms with van der Waals surface area (Å²) in [5, 5.41) is -0.356. The highest BCUT2D eigenvalue weighted by molar-refractivity contribution is 7.92. The van der Waals surface area contributed by atoms with E-state index in [-0.39, 0.29) is 20.6 Å². The van der Waals surface area contributed by atoms with E-state index in [2.05, 4.69) is 9.71 Å². The summed E-state index contributed by atoms with van der Waals surface area (Å²) < 4.78 is 39.3. The normalized spacial score (nSPS) is 11.3. The van der Waals surface area contributed by atoms with Crippen molar-refractivity contribution in [3.63, 3.8) is 0 Å². The Morgan fingerprint density at radius 3 is 2.25 bits per heavy atom. The SMILES string of the molecule is O=c1ccc(S(=O)(=O)Nc2c(Cl)cc(F)cc2Cl)c[nH]1. The van der Waals surface area contributed by atoms with E-state index in [0.29, 0.717) is 0 Å². The molecular formula is C11H7Cl2FN2O3S. The van der Waals surface area contributed by atoms with Crippen molar-refractivity contribution in [2.75, 3.05) is 4.72 Å². The molecule has 0 saturated heterocycles. The fraction of sp³-hybridized carbons (Fsp3) is 0. The number of hydrogen-bond donors (Lipinski definition) is 2. The van der Waals surface area contributed by atoms with E-state index in [1.54, 1.807) is 0 Å². The van der Waals surface area contributed by atoms with Crippen LogP contribution in [0.25, 0.3) is 0 Å². The maximum absolute atomic E-state index is 13.0. The first-order valence-corrected chi connectivity index (χ1v) is 7.39. The number of sulfonamides is 1. The number of benzene rings is 1.